The molecule has 250 valence electrons. The summed E-state index contributed by atoms with van der Waals surface area (Å²) in [5.41, 5.74) is 3.96. The van der Waals surface area contributed by atoms with Crippen LogP contribution in [0.2, 0.25) is 0 Å². The number of phenols is 3. The summed E-state index contributed by atoms with van der Waals surface area (Å²) < 4.78 is 0. The standard InChI is InChI=1S/3C11H16O.2C2H6S2/c3*1-2-3-4-5-10-6-8-11(12)9-7-10;2*1-4(2)3/h3*6-9,12H,2-5H2,1H3;2*1-2H3. The van der Waals surface area contributed by atoms with Gasteiger partial charge in [-0.3, -0.25) is 0 Å². The Kier molecular flexibility index (Phi) is 31.4. The smallest absolute Gasteiger partial charge is 0.115 e. The molecule has 0 radical (unpaired) electrons. The van der Waals surface area contributed by atoms with Crippen LogP contribution >= 0.6 is 0 Å². The molecule has 0 heterocycles. The number of phenolic OH excluding ortho intramolecular Hbond substituents is 3. The Morgan fingerprint density at radius 2 is 0.591 bits per heavy atom. The van der Waals surface area contributed by atoms with Gasteiger partial charge >= 0.3 is 0 Å². The van der Waals surface area contributed by atoms with Crippen molar-refractivity contribution in [3.63, 3.8) is 0 Å². The third-order valence-electron chi connectivity index (χ3n) is 6.02. The fourth-order valence-corrected chi connectivity index (χ4v) is 3.73. The van der Waals surface area contributed by atoms with Crippen LogP contribution in [0.1, 0.15) is 95.2 Å². The molecular weight excluding hydrogens is 621 g/mol. The lowest BCUT2D eigenvalue weighted by Gasteiger charge is -1.99. The Bertz CT molecular complexity index is 941. The van der Waals surface area contributed by atoms with E-state index in [0.717, 1.165) is 19.3 Å². The Hall–Kier alpha value is -1.80. The van der Waals surface area contributed by atoms with Gasteiger partial charge in [0.05, 0.1) is 0 Å². The molecule has 0 aromatic heterocycles. The van der Waals surface area contributed by atoms with Gasteiger partial charge in [0.25, 0.3) is 0 Å². The molecule has 3 N–H and O–H groups in total. The fraction of sp³-hybridized carbons (Fsp3) is 0.514. The molecule has 3 rings (SSSR count). The summed E-state index contributed by atoms with van der Waals surface area (Å²) in [5, 5.41) is 27.1. The summed E-state index contributed by atoms with van der Waals surface area (Å²) in [6.07, 6.45) is 22.9. The van der Waals surface area contributed by atoms with Gasteiger partial charge in [0.15, 0.2) is 0 Å². The molecule has 0 amide bonds. The second-order valence-electron chi connectivity index (χ2n) is 10.9. The highest BCUT2D eigenvalue weighted by atomic mass is 32.8. The normalized spacial score (nSPS) is 9.84. The number of unbranched alkanes of at least 4 members (excludes halogenated alkanes) is 6. The van der Waals surface area contributed by atoms with Gasteiger partial charge in [0.1, 0.15) is 17.2 Å². The summed E-state index contributed by atoms with van der Waals surface area (Å²) in [4.78, 5) is 0. The van der Waals surface area contributed by atoms with E-state index in [4.69, 9.17) is 15.3 Å². The summed E-state index contributed by atoms with van der Waals surface area (Å²) in [6.45, 7) is 6.62. The first-order chi connectivity index (χ1) is 20.9. The number of benzene rings is 3. The van der Waals surface area contributed by atoms with Gasteiger partial charge in [-0.25, -0.2) is 0 Å². The lowest BCUT2D eigenvalue weighted by molar-refractivity contribution is 0.474. The predicted molar refractivity (Wildman–Crippen MR) is 207 cm³/mol. The summed E-state index contributed by atoms with van der Waals surface area (Å²) in [5.74, 6) is 1.07. The minimum absolute atomic E-state index is 0.222. The van der Waals surface area contributed by atoms with Crippen LogP contribution in [0.15, 0.2) is 72.8 Å². The van der Waals surface area contributed by atoms with Gasteiger partial charge in [-0.1, -0.05) is 118 Å². The first-order valence-electron chi connectivity index (χ1n) is 15.8. The third-order valence-corrected chi connectivity index (χ3v) is 6.02. The number of aryl methyl sites for hydroxylation is 3. The lowest BCUT2D eigenvalue weighted by Crippen LogP contribution is -1.83. The molecule has 0 spiro atoms. The molecule has 44 heavy (non-hydrogen) atoms. The molecule has 0 aliphatic rings. The van der Waals surface area contributed by atoms with Crippen LogP contribution in [0.5, 0.6) is 17.2 Å². The maximum absolute atomic E-state index is 9.03. The molecule has 0 aliphatic heterocycles. The SMILES string of the molecule is CCCCCc1ccc(O)cc1.CCCCCc1ccc(O)cc1.CCCCCc1ccc(O)cc1.CS(C)=S.CS(C)=S. The van der Waals surface area contributed by atoms with E-state index in [0.29, 0.717) is 17.2 Å². The van der Waals surface area contributed by atoms with E-state index in [9.17, 15) is 0 Å². The van der Waals surface area contributed by atoms with Crippen LogP contribution in [0, 0.1) is 0 Å². The molecule has 0 unspecified atom stereocenters. The van der Waals surface area contributed by atoms with E-state index in [1.165, 1.54) is 74.5 Å². The van der Waals surface area contributed by atoms with Crippen molar-refractivity contribution in [2.75, 3.05) is 25.0 Å². The largest absolute Gasteiger partial charge is 0.508 e. The van der Waals surface area contributed by atoms with Crippen molar-refractivity contribution >= 4 is 41.3 Å². The summed E-state index contributed by atoms with van der Waals surface area (Å²) in [7, 11) is 0.444. The average Bonchev–Trinajstić information content (AvgIpc) is 2.97. The molecule has 7 heteroatoms. The number of hydrogen-bond donors (Lipinski definition) is 3. The van der Waals surface area contributed by atoms with Gasteiger partial charge in [-0.05, 0) is 117 Å². The van der Waals surface area contributed by atoms with Gasteiger partial charge in [0, 0.05) is 0 Å². The Balaban J connectivity index is 0. The Morgan fingerprint density at radius 1 is 0.409 bits per heavy atom. The van der Waals surface area contributed by atoms with Gasteiger partial charge in [0.2, 0.25) is 0 Å². The van der Waals surface area contributed by atoms with Crippen LogP contribution in [-0.4, -0.2) is 40.3 Å². The van der Waals surface area contributed by atoms with Crippen LogP contribution in [0.25, 0.3) is 0 Å². The van der Waals surface area contributed by atoms with Crippen molar-refractivity contribution < 1.29 is 15.3 Å². The second-order valence-corrected chi connectivity index (χ2v) is 17.8. The molecule has 3 aromatic carbocycles. The molecule has 0 aliphatic carbocycles. The van der Waals surface area contributed by atoms with E-state index in [1.807, 2.05) is 61.4 Å². The van der Waals surface area contributed by atoms with Gasteiger partial charge < -0.3 is 15.3 Å². The van der Waals surface area contributed by atoms with Crippen molar-refractivity contribution in [2.45, 2.75) is 97.8 Å². The number of aromatic hydroxyl groups is 3. The molecule has 3 nitrogen and oxygen atoms in total. The zero-order chi connectivity index (χ0) is 33.6. The highest BCUT2D eigenvalue weighted by Gasteiger charge is 1.94. The highest BCUT2D eigenvalue weighted by Crippen LogP contribution is 2.14. The number of rotatable bonds is 12. The fourth-order valence-electron chi connectivity index (χ4n) is 3.73. The maximum atomic E-state index is 9.03. The molecule has 0 bridgehead atoms. The average molecular weight is 681 g/mol. The third kappa shape index (κ3) is 33.1. The summed E-state index contributed by atoms with van der Waals surface area (Å²) >= 11 is 9.30. The van der Waals surface area contributed by atoms with Crippen LogP contribution in [0.4, 0.5) is 0 Å². The first kappa shape index (κ1) is 44.3. The van der Waals surface area contributed by atoms with Crippen molar-refractivity contribution in [3.8, 4) is 17.2 Å². The van der Waals surface area contributed by atoms with Crippen LogP contribution in [0.3, 0.4) is 0 Å². The molecule has 3 aromatic rings. The van der Waals surface area contributed by atoms with E-state index < -0.39 is 0 Å². The monoisotopic (exact) mass is 680 g/mol. The maximum Gasteiger partial charge on any atom is 0.115 e. The minimum Gasteiger partial charge on any atom is -0.508 e. The van der Waals surface area contributed by atoms with Crippen molar-refractivity contribution in [2.24, 2.45) is 0 Å². The Morgan fingerprint density at radius 3 is 0.750 bits per heavy atom. The van der Waals surface area contributed by atoms with Crippen molar-refractivity contribution in [1.29, 1.82) is 0 Å². The van der Waals surface area contributed by atoms with Crippen molar-refractivity contribution in [1.82, 2.24) is 0 Å². The molecule has 0 saturated heterocycles. The molecule has 0 fully saturated rings. The molecule has 0 atom stereocenters. The van der Waals surface area contributed by atoms with E-state index in [1.54, 1.807) is 36.4 Å². The van der Waals surface area contributed by atoms with E-state index in [2.05, 4.69) is 43.1 Å². The van der Waals surface area contributed by atoms with Crippen LogP contribution in [-0.2, 0) is 60.5 Å². The first-order valence-corrected chi connectivity index (χ1v) is 21.7. The molecule has 0 saturated carbocycles. The predicted octanol–water partition coefficient (Wildman–Crippen LogP) is 10.0. The van der Waals surface area contributed by atoms with Crippen molar-refractivity contribution in [3.05, 3.63) is 89.5 Å². The lowest BCUT2D eigenvalue weighted by atomic mass is 10.1. The zero-order valence-electron chi connectivity index (χ0n) is 28.4. The van der Waals surface area contributed by atoms with Gasteiger partial charge in [-0.2, -0.15) is 0 Å². The topological polar surface area (TPSA) is 60.7 Å². The Labute approximate surface area is 284 Å². The number of hydrogen-bond acceptors (Lipinski definition) is 5. The zero-order valence-corrected chi connectivity index (χ0v) is 31.7. The highest BCUT2D eigenvalue weighted by molar-refractivity contribution is 8.28. The van der Waals surface area contributed by atoms with E-state index in [-0.39, 0.29) is 18.9 Å². The van der Waals surface area contributed by atoms with Crippen LogP contribution < -0.4 is 0 Å². The van der Waals surface area contributed by atoms with E-state index >= 15 is 0 Å². The molecular formula is C37H60O3S4. The van der Waals surface area contributed by atoms with Gasteiger partial charge in [-0.15, -0.1) is 18.9 Å². The quantitative estimate of drug-likeness (QED) is 0.166. The second kappa shape index (κ2) is 31.2. The summed E-state index contributed by atoms with van der Waals surface area (Å²) in [6, 6.07) is 22.5. The minimum atomic E-state index is 0.222.